The molecule has 3 aromatic carbocycles. The quantitative estimate of drug-likeness (QED) is 0.396. The lowest BCUT2D eigenvalue weighted by molar-refractivity contribution is 0.289. The van der Waals surface area contributed by atoms with E-state index in [2.05, 4.69) is 77.7 Å². The van der Waals surface area contributed by atoms with Gasteiger partial charge in [0.1, 0.15) is 0 Å². The maximum atomic E-state index is 6.64. The number of aryl methyl sites for hydroxylation is 1. The minimum absolute atomic E-state index is 0.124. The number of hydrogen-bond acceptors (Lipinski definition) is 4. The number of piperazine rings is 1. The smallest absolute Gasteiger partial charge is 0.0868 e. The Morgan fingerprint density at radius 1 is 0.971 bits per heavy atom. The maximum absolute atomic E-state index is 6.64. The summed E-state index contributed by atoms with van der Waals surface area (Å²) in [5, 5.41) is 1.32. The van der Waals surface area contributed by atoms with Crippen LogP contribution in [0.1, 0.15) is 17.2 Å². The van der Waals surface area contributed by atoms with Gasteiger partial charge in [-0.05, 0) is 42.8 Å². The van der Waals surface area contributed by atoms with Gasteiger partial charge < -0.3 is 14.7 Å². The van der Waals surface area contributed by atoms with Gasteiger partial charge in [-0.3, -0.25) is 0 Å². The van der Waals surface area contributed by atoms with E-state index < -0.39 is 0 Å². The van der Waals surface area contributed by atoms with E-state index in [-0.39, 0.29) is 6.04 Å². The maximum Gasteiger partial charge on any atom is 0.0868 e. The van der Waals surface area contributed by atoms with Crippen molar-refractivity contribution in [3.8, 4) is 0 Å². The summed E-state index contributed by atoms with van der Waals surface area (Å²) in [5.74, 6) is 0. The first-order chi connectivity index (χ1) is 16.4. The van der Waals surface area contributed by atoms with Gasteiger partial charge in [-0.1, -0.05) is 71.7 Å². The highest BCUT2D eigenvalue weighted by atomic mass is 35.5. The third-order valence-corrected chi connectivity index (χ3v) is 7.25. The molecule has 2 heterocycles. The van der Waals surface area contributed by atoms with Crippen LogP contribution in [-0.2, 0) is 0 Å². The van der Waals surface area contributed by atoms with E-state index in [0.29, 0.717) is 10.0 Å². The molecule has 0 spiro atoms. The monoisotopic (exact) mass is 490 g/mol. The van der Waals surface area contributed by atoms with Gasteiger partial charge in [0.25, 0.3) is 0 Å². The first-order valence-electron chi connectivity index (χ1n) is 11.5. The van der Waals surface area contributed by atoms with E-state index in [4.69, 9.17) is 28.2 Å². The second-order valence-corrected chi connectivity index (χ2v) is 9.86. The fourth-order valence-electron chi connectivity index (χ4n) is 4.81. The molecule has 1 fully saturated rings. The lowest BCUT2D eigenvalue weighted by Gasteiger charge is -2.45. The average Bonchev–Trinajstić information content (AvgIpc) is 2.84. The second-order valence-electron chi connectivity index (χ2n) is 9.01. The summed E-state index contributed by atoms with van der Waals surface area (Å²) < 4.78 is 0. The summed E-state index contributed by atoms with van der Waals surface area (Å²) in [4.78, 5) is 12.0. The van der Waals surface area contributed by atoms with E-state index >= 15 is 0 Å². The average molecular weight is 491 g/mol. The molecule has 0 saturated carbocycles. The molecule has 5 rings (SSSR count). The van der Waals surface area contributed by atoms with Crippen LogP contribution >= 0.6 is 23.2 Å². The third-order valence-electron chi connectivity index (χ3n) is 6.71. The molecule has 2 aliphatic heterocycles. The number of rotatable bonds is 4. The lowest BCUT2D eigenvalue weighted by atomic mass is 9.99. The molecule has 0 aliphatic carbocycles. The Morgan fingerprint density at radius 2 is 1.74 bits per heavy atom. The molecule has 0 N–H and O–H groups in total. The number of nitrogens with zero attached hydrogens (tertiary/aromatic N) is 4. The zero-order chi connectivity index (χ0) is 23.8. The molecule has 0 bridgehead atoms. The van der Waals surface area contributed by atoms with Crippen molar-refractivity contribution in [1.29, 1.82) is 0 Å². The molecular weight excluding hydrogens is 463 g/mol. The first kappa shape index (κ1) is 22.8. The highest BCUT2D eigenvalue weighted by Gasteiger charge is 2.32. The topological polar surface area (TPSA) is 22.1 Å². The van der Waals surface area contributed by atoms with Gasteiger partial charge in [0.2, 0.25) is 0 Å². The van der Waals surface area contributed by atoms with Crippen LogP contribution in [-0.4, -0.2) is 43.8 Å². The minimum atomic E-state index is 0.124. The fourth-order valence-corrected chi connectivity index (χ4v) is 5.33. The molecule has 1 saturated heterocycles. The standard InChI is InChI=1S/C28H28Cl2N4/c1-19-8-10-21(11-9-19)28-18-33(14-15-34(28)26-13-12-22(29)16-23(26)30)20(2)25-17-32(3)27-7-5-4-6-24(27)31-25/h4-13,16,28H,2,14-15,17-18H2,1,3H3. The molecular formula is C28H28Cl2N4. The summed E-state index contributed by atoms with van der Waals surface area (Å²) in [7, 11) is 2.11. The van der Waals surface area contributed by atoms with Crippen LogP contribution in [0.15, 0.2) is 84.0 Å². The highest BCUT2D eigenvalue weighted by molar-refractivity contribution is 6.36. The van der Waals surface area contributed by atoms with Crippen LogP contribution in [0.4, 0.5) is 17.1 Å². The summed E-state index contributed by atoms with van der Waals surface area (Å²) in [6.07, 6.45) is 0. The van der Waals surface area contributed by atoms with Crippen LogP contribution < -0.4 is 9.80 Å². The van der Waals surface area contributed by atoms with Crippen LogP contribution in [0.5, 0.6) is 0 Å². The largest absolute Gasteiger partial charge is 0.367 e. The molecule has 1 atom stereocenters. The summed E-state index contributed by atoms with van der Waals surface area (Å²) in [6, 6.07) is 22.9. The van der Waals surface area contributed by atoms with Gasteiger partial charge in [0.05, 0.1) is 46.1 Å². The van der Waals surface area contributed by atoms with Crippen molar-refractivity contribution in [2.75, 3.05) is 43.0 Å². The minimum Gasteiger partial charge on any atom is -0.367 e. The molecule has 6 heteroatoms. The highest BCUT2D eigenvalue weighted by Crippen LogP contribution is 2.38. The van der Waals surface area contributed by atoms with Crippen LogP contribution in [0.2, 0.25) is 10.0 Å². The summed E-state index contributed by atoms with van der Waals surface area (Å²) in [5.41, 5.74) is 7.65. The number of fused-ring (bicyclic) bond motifs is 1. The number of para-hydroxylation sites is 2. The van der Waals surface area contributed by atoms with E-state index in [1.807, 2.05) is 24.3 Å². The van der Waals surface area contributed by atoms with Gasteiger partial charge >= 0.3 is 0 Å². The van der Waals surface area contributed by atoms with Crippen molar-refractivity contribution in [1.82, 2.24) is 4.90 Å². The van der Waals surface area contributed by atoms with Crippen molar-refractivity contribution >= 4 is 46.0 Å². The van der Waals surface area contributed by atoms with E-state index in [1.54, 1.807) is 0 Å². The Bertz CT molecular complexity index is 1250. The molecule has 0 aromatic heterocycles. The normalized spacial score (nSPS) is 17.9. The Balaban J connectivity index is 1.46. The van der Waals surface area contributed by atoms with Gasteiger partial charge in [-0.2, -0.15) is 0 Å². The van der Waals surface area contributed by atoms with Crippen molar-refractivity contribution in [3.63, 3.8) is 0 Å². The Labute approximate surface area is 211 Å². The molecule has 1 unspecified atom stereocenters. The number of hydrogen-bond donors (Lipinski definition) is 0. The molecule has 4 nitrogen and oxygen atoms in total. The molecule has 0 radical (unpaired) electrons. The van der Waals surface area contributed by atoms with Gasteiger partial charge in [-0.15, -0.1) is 0 Å². The number of benzene rings is 3. The summed E-state index contributed by atoms with van der Waals surface area (Å²) >= 11 is 12.8. The van der Waals surface area contributed by atoms with Crippen molar-refractivity contribution in [2.45, 2.75) is 13.0 Å². The van der Waals surface area contributed by atoms with Gasteiger partial charge in [0.15, 0.2) is 0 Å². The van der Waals surface area contributed by atoms with Crippen LogP contribution in [0.3, 0.4) is 0 Å². The Morgan fingerprint density at radius 3 is 2.50 bits per heavy atom. The van der Waals surface area contributed by atoms with Crippen molar-refractivity contribution in [2.24, 2.45) is 4.99 Å². The molecule has 34 heavy (non-hydrogen) atoms. The zero-order valence-electron chi connectivity index (χ0n) is 19.5. The lowest BCUT2D eigenvalue weighted by Crippen LogP contribution is -2.49. The number of halogens is 2. The van der Waals surface area contributed by atoms with Crippen LogP contribution in [0, 0.1) is 6.92 Å². The Hall–Kier alpha value is -2.95. The molecule has 0 amide bonds. The Kier molecular flexibility index (Phi) is 6.28. The van der Waals surface area contributed by atoms with Gasteiger partial charge in [0, 0.05) is 31.7 Å². The fraction of sp³-hybridized carbons (Fsp3) is 0.250. The van der Waals surface area contributed by atoms with Crippen molar-refractivity contribution in [3.05, 3.63) is 100 Å². The number of anilines is 2. The predicted octanol–water partition coefficient (Wildman–Crippen LogP) is 6.90. The SMILES string of the molecule is C=C(C1=Nc2ccccc2N(C)C1)N1CCN(c2ccc(Cl)cc2Cl)C(c2ccc(C)cc2)C1. The third kappa shape index (κ3) is 4.40. The second kappa shape index (κ2) is 9.36. The summed E-state index contributed by atoms with van der Waals surface area (Å²) in [6.45, 7) is 9.80. The van der Waals surface area contributed by atoms with E-state index in [0.717, 1.165) is 54.6 Å². The molecule has 3 aromatic rings. The number of aliphatic imine (C=N–C) groups is 1. The van der Waals surface area contributed by atoms with Gasteiger partial charge in [-0.25, -0.2) is 4.99 Å². The predicted molar refractivity (Wildman–Crippen MR) is 145 cm³/mol. The zero-order valence-corrected chi connectivity index (χ0v) is 21.0. The van der Waals surface area contributed by atoms with E-state index in [9.17, 15) is 0 Å². The first-order valence-corrected chi connectivity index (χ1v) is 12.3. The molecule has 2 aliphatic rings. The van der Waals surface area contributed by atoms with Crippen molar-refractivity contribution < 1.29 is 0 Å². The van der Waals surface area contributed by atoms with Crippen LogP contribution in [0.25, 0.3) is 0 Å². The van der Waals surface area contributed by atoms with E-state index in [1.165, 1.54) is 11.1 Å². The molecule has 174 valence electrons.